The number of nitrogen functional groups attached to an aromatic ring is 1. The molecule has 0 bridgehead atoms. The number of ketones is 1. The van der Waals surface area contributed by atoms with Crippen LogP contribution in [-0.2, 0) is 0 Å². The molecule has 2 aromatic carbocycles. The first kappa shape index (κ1) is 14.3. The van der Waals surface area contributed by atoms with Crippen LogP contribution in [0.2, 0.25) is 0 Å². The van der Waals surface area contributed by atoms with Gasteiger partial charge >= 0.3 is 0 Å². The number of benzene rings is 2. The molecule has 0 aromatic heterocycles. The summed E-state index contributed by atoms with van der Waals surface area (Å²) in [5.74, 6) is 1.83. The Morgan fingerprint density at radius 1 is 1.09 bits per heavy atom. The van der Waals surface area contributed by atoms with Crippen molar-refractivity contribution in [3.63, 3.8) is 0 Å². The lowest BCUT2D eigenvalue weighted by molar-refractivity contribution is 0.0850. The predicted molar refractivity (Wildman–Crippen MR) is 82.7 cm³/mol. The number of Topliss-reactive ketones (excluding diaryl/α,β-unsaturated/α-hetero) is 1. The topological polar surface area (TPSA) is 70.8 Å². The highest BCUT2D eigenvalue weighted by atomic mass is 16.5. The third-order valence-corrected chi connectivity index (χ3v) is 3.72. The van der Waals surface area contributed by atoms with Crippen LogP contribution in [0.3, 0.4) is 0 Å². The smallest absolute Gasteiger partial charge is 0.170 e. The minimum Gasteiger partial charge on any atom is -0.493 e. The highest BCUT2D eigenvalue weighted by Crippen LogP contribution is 2.38. The second-order valence-electron chi connectivity index (χ2n) is 5.10. The first-order chi connectivity index (χ1) is 10.6. The Morgan fingerprint density at radius 2 is 1.86 bits per heavy atom. The number of carbonyl (C=O) groups is 1. The molecule has 2 N–H and O–H groups in total. The molecule has 3 rings (SSSR count). The van der Waals surface area contributed by atoms with Gasteiger partial charge in [0, 0.05) is 5.69 Å². The van der Waals surface area contributed by atoms with Gasteiger partial charge < -0.3 is 19.9 Å². The van der Waals surface area contributed by atoms with Crippen molar-refractivity contribution in [2.24, 2.45) is 0 Å². The van der Waals surface area contributed by atoms with Crippen molar-refractivity contribution in [2.75, 3.05) is 20.0 Å². The van der Waals surface area contributed by atoms with E-state index >= 15 is 0 Å². The summed E-state index contributed by atoms with van der Waals surface area (Å²) < 4.78 is 16.5. The van der Waals surface area contributed by atoms with Crippen LogP contribution in [-0.4, -0.2) is 20.0 Å². The summed E-state index contributed by atoms with van der Waals surface area (Å²) in [6, 6.07) is 10.6. The van der Waals surface area contributed by atoms with Crippen LogP contribution in [0.4, 0.5) is 5.69 Å². The summed E-state index contributed by atoms with van der Waals surface area (Å²) >= 11 is 0. The van der Waals surface area contributed by atoms with Gasteiger partial charge in [0.15, 0.2) is 17.3 Å². The summed E-state index contributed by atoms with van der Waals surface area (Å²) in [6.07, 6.45) is -0.0743. The SMILES string of the molecule is COc1ccc(C2CC(=O)c3cc(N)ccc3O2)cc1OC. The summed E-state index contributed by atoms with van der Waals surface area (Å²) in [5, 5.41) is 0. The first-order valence-corrected chi connectivity index (χ1v) is 6.93. The van der Waals surface area contributed by atoms with Gasteiger partial charge in [0.25, 0.3) is 0 Å². The van der Waals surface area contributed by atoms with Gasteiger partial charge in [-0.1, -0.05) is 6.07 Å². The average molecular weight is 299 g/mol. The van der Waals surface area contributed by atoms with E-state index in [9.17, 15) is 4.79 Å². The Kier molecular flexibility index (Phi) is 3.63. The van der Waals surface area contributed by atoms with E-state index in [0.29, 0.717) is 28.5 Å². The molecule has 0 spiro atoms. The molecule has 0 amide bonds. The highest BCUT2D eigenvalue weighted by molar-refractivity contribution is 6.00. The van der Waals surface area contributed by atoms with E-state index in [0.717, 1.165) is 5.56 Å². The number of anilines is 1. The highest BCUT2D eigenvalue weighted by Gasteiger charge is 2.28. The van der Waals surface area contributed by atoms with Gasteiger partial charge in [-0.3, -0.25) is 4.79 Å². The zero-order valence-electron chi connectivity index (χ0n) is 12.5. The molecule has 2 aromatic rings. The Balaban J connectivity index is 1.94. The van der Waals surface area contributed by atoms with Gasteiger partial charge in [0.05, 0.1) is 26.2 Å². The molecule has 0 saturated carbocycles. The molecule has 5 heteroatoms. The molecule has 5 nitrogen and oxygen atoms in total. The molecule has 0 aliphatic carbocycles. The van der Waals surface area contributed by atoms with Gasteiger partial charge in [0.2, 0.25) is 0 Å². The summed E-state index contributed by atoms with van der Waals surface area (Å²) in [4.78, 5) is 12.3. The molecule has 1 aliphatic heterocycles. The number of hydrogen-bond acceptors (Lipinski definition) is 5. The summed E-state index contributed by atoms with van der Waals surface area (Å²) in [5.41, 5.74) is 7.68. The van der Waals surface area contributed by atoms with Gasteiger partial charge in [-0.2, -0.15) is 0 Å². The van der Waals surface area contributed by atoms with Crippen molar-refractivity contribution in [2.45, 2.75) is 12.5 Å². The number of rotatable bonds is 3. The Labute approximate surface area is 128 Å². The van der Waals surface area contributed by atoms with E-state index < -0.39 is 0 Å². The first-order valence-electron chi connectivity index (χ1n) is 6.93. The van der Waals surface area contributed by atoms with Crippen molar-refractivity contribution < 1.29 is 19.0 Å². The zero-order valence-corrected chi connectivity index (χ0v) is 12.5. The van der Waals surface area contributed by atoms with E-state index in [4.69, 9.17) is 19.9 Å². The van der Waals surface area contributed by atoms with Crippen molar-refractivity contribution in [1.82, 2.24) is 0 Å². The van der Waals surface area contributed by atoms with Crippen LogP contribution in [0.25, 0.3) is 0 Å². The fourth-order valence-corrected chi connectivity index (χ4v) is 2.58. The molecule has 114 valence electrons. The quantitative estimate of drug-likeness (QED) is 0.882. The number of fused-ring (bicyclic) bond motifs is 1. The zero-order chi connectivity index (χ0) is 15.7. The fourth-order valence-electron chi connectivity index (χ4n) is 2.58. The van der Waals surface area contributed by atoms with E-state index in [1.54, 1.807) is 38.5 Å². The average Bonchev–Trinajstić information content (AvgIpc) is 2.54. The van der Waals surface area contributed by atoms with Gasteiger partial charge in [0.1, 0.15) is 11.9 Å². The lowest BCUT2D eigenvalue weighted by Crippen LogP contribution is -2.20. The van der Waals surface area contributed by atoms with E-state index in [1.165, 1.54) is 0 Å². The second-order valence-corrected chi connectivity index (χ2v) is 5.10. The van der Waals surface area contributed by atoms with Crippen molar-refractivity contribution >= 4 is 11.5 Å². The molecule has 0 radical (unpaired) electrons. The Bertz CT molecular complexity index is 727. The third kappa shape index (κ3) is 2.45. The molecule has 1 atom stereocenters. The molecule has 22 heavy (non-hydrogen) atoms. The van der Waals surface area contributed by atoms with Gasteiger partial charge in [-0.15, -0.1) is 0 Å². The molecule has 0 fully saturated rings. The number of carbonyl (C=O) groups excluding carboxylic acids is 1. The van der Waals surface area contributed by atoms with Crippen LogP contribution in [0.1, 0.15) is 28.4 Å². The van der Waals surface area contributed by atoms with Crippen molar-refractivity contribution in [3.8, 4) is 17.2 Å². The summed E-state index contributed by atoms with van der Waals surface area (Å²) in [6.45, 7) is 0. The van der Waals surface area contributed by atoms with Crippen LogP contribution >= 0.6 is 0 Å². The fraction of sp³-hybridized carbons (Fsp3) is 0.235. The number of ether oxygens (including phenoxy) is 3. The largest absolute Gasteiger partial charge is 0.493 e. The Hall–Kier alpha value is -2.69. The standard InChI is InChI=1S/C17H17NO4/c1-20-15-5-3-10(7-17(15)21-2)16-9-13(19)12-8-11(18)4-6-14(12)22-16/h3-8,16H,9,18H2,1-2H3. The van der Waals surface area contributed by atoms with Crippen LogP contribution in [0.15, 0.2) is 36.4 Å². The minimum absolute atomic E-state index is 0.0216. The van der Waals surface area contributed by atoms with E-state index in [-0.39, 0.29) is 18.3 Å². The normalized spacial score (nSPS) is 16.6. The predicted octanol–water partition coefficient (Wildman–Crippen LogP) is 2.99. The molecule has 1 heterocycles. The molecular formula is C17H17NO4. The number of methoxy groups -OCH3 is 2. The van der Waals surface area contributed by atoms with Crippen LogP contribution < -0.4 is 19.9 Å². The number of hydrogen-bond donors (Lipinski definition) is 1. The molecule has 0 saturated heterocycles. The van der Waals surface area contributed by atoms with Gasteiger partial charge in [-0.05, 0) is 35.9 Å². The maximum absolute atomic E-state index is 12.3. The lowest BCUT2D eigenvalue weighted by atomic mass is 9.96. The molecule has 1 aliphatic rings. The van der Waals surface area contributed by atoms with E-state index in [1.807, 2.05) is 12.1 Å². The van der Waals surface area contributed by atoms with Crippen molar-refractivity contribution in [1.29, 1.82) is 0 Å². The monoisotopic (exact) mass is 299 g/mol. The Morgan fingerprint density at radius 3 is 2.59 bits per heavy atom. The molecule has 1 unspecified atom stereocenters. The second kappa shape index (κ2) is 5.60. The van der Waals surface area contributed by atoms with Crippen molar-refractivity contribution in [3.05, 3.63) is 47.5 Å². The number of nitrogens with two attached hydrogens (primary N) is 1. The minimum atomic E-state index is -0.344. The van der Waals surface area contributed by atoms with E-state index in [2.05, 4.69) is 0 Å². The lowest BCUT2D eigenvalue weighted by Gasteiger charge is -2.26. The maximum atomic E-state index is 12.3. The molecular weight excluding hydrogens is 282 g/mol. The van der Waals surface area contributed by atoms with Crippen LogP contribution in [0, 0.1) is 0 Å². The van der Waals surface area contributed by atoms with Crippen LogP contribution in [0.5, 0.6) is 17.2 Å². The third-order valence-electron chi connectivity index (χ3n) is 3.72. The maximum Gasteiger partial charge on any atom is 0.170 e. The summed E-state index contributed by atoms with van der Waals surface area (Å²) in [7, 11) is 3.16. The van der Waals surface area contributed by atoms with Gasteiger partial charge in [-0.25, -0.2) is 0 Å².